The first kappa shape index (κ1) is 20.3. The molecular formula is C21H40N2. The molecule has 0 saturated heterocycles. The monoisotopic (exact) mass is 320 g/mol. The maximum Gasteiger partial charge on any atom is 0.112 e. The molecule has 0 radical (unpaired) electrons. The van der Waals surface area contributed by atoms with E-state index in [2.05, 4.69) is 67.3 Å². The van der Waals surface area contributed by atoms with Crippen LogP contribution in [0, 0.1) is 0 Å². The molecule has 1 rings (SSSR count). The van der Waals surface area contributed by atoms with E-state index in [4.69, 9.17) is 4.98 Å². The maximum atomic E-state index is 5.11. The fourth-order valence-electron chi connectivity index (χ4n) is 3.41. The van der Waals surface area contributed by atoms with Crippen LogP contribution in [0.5, 0.6) is 0 Å². The molecule has 0 spiro atoms. The second kappa shape index (κ2) is 7.40. The molecule has 134 valence electrons. The highest BCUT2D eigenvalue weighted by Crippen LogP contribution is 2.38. The summed E-state index contributed by atoms with van der Waals surface area (Å²) in [6.07, 6.45) is 7.46. The summed E-state index contributed by atoms with van der Waals surface area (Å²) < 4.78 is 0. The minimum atomic E-state index is 0.0778. The van der Waals surface area contributed by atoms with E-state index in [-0.39, 0.29) is 16.2 Å². The van der Waals surface area contributed by atoms with E-state index >= 15 is 0 Å². The lowest BCUT2D eigenvalue weighted by atomic mass is 9.78. The fraction of sp³-hybridized carbons (Fsp3) is 0.857. The summed E-state index contributed by atoms with van der Waals surface area (Å²) in [5, 5.41) is 0. The number of unbranched alkanes of at least 4 members (excludes halogenated alkanes) is 2. The fourth-order valence-corrected chi connectivity index (χ4v) is 3.41. The van der Waals surface area contributed by atoms with Gasteiger partial charge in [-0.1, -0.05) is 88.0 Å². The first-order valence-electron chi connectivity index (χ1n) is 9.57. The number of H-pyrrole nitrogens is 1. The molecule has 0 aliphatic heterocycles. The zero-order valence-corrected chi connectivity index (χ0v) is 17.2. The first-order chi connectivity index (χ1) is 10.5. The zero-order chi connectivity index (χ0) is 17.9. The lowest BCUT2D eigenvalue weighted by Crippen LogP contribution is -2.24. The van der Waals surface area contributed by atoms with Gasteiger partial charge < -0.3 is 4.98 Å². The lowest BCUT2D eigenvalue weighted by Gasteiger charge is -2.28. The molecule has 0 atom stereocenters. The topological polar surface area (TPSA) is 28.7 Å². The summed E-state index contributed by atoms with van der Waals surface area (Å²) in [5.41, 5.74) is 2.98. The van der Waals surface area contributed by atoms with Gasteiger partial charge in [-0.25, -0.2) is 4.98 Å². The summed E-state index contributed by atoms with van der Waals surface area (Å²) in [5.74, 6) is 1.17. The zero-order valence-electron chi connectivity index (χ0n) is 17.2. The number of aromatic amines is 1. The van der Waals surface area contributed by atoms with Crippen molar-refractivity contribution in [1.29, 1.82) is 0 Å². The Labute approximate surface area is 144 Å². The van der Waals surface area contributed by atoms with Gasteiger partial charge in [0, 0.05) is 21.9 Å². The SMILES string of the molecule is CCCCCC(C)(C)c1[nH]c(C(C)(C)CCC)nc1C(C)(C)C. The third kappa shape index (κ3) is 5.09. The molecule has 1 heterocycles. The van der Waals surface area contributed by atoms with Gasteiger partial charge in [0.05, 0.1) is 5.69 Å². The minimum absolute atomic E-state index is 0.0778. The van der Waals surface area contributed by atoms with Gasteiger partial charge in [-0.2, -0.15) is 0 Å². The predicted molar refractivity (Wildman–Crippen MR) is 102 cm³/mol. The van der Waals surface area contributed by atoms with E-state index in [0.29, 0.717) is 0 Å². The summed E-state index contributed by atoms with van der Waals surface area (Å²) >= 11 is 0. The molecule has 2 nitrogen and oxygen atoms in total. The van der Waals surface area contributed by atoms with Gasteiger partial charge in [-0.3, -0.25) is 0 Å². The van der Waals surface area contributed by atoms with Crippen LogP contribution < -0.4 is 0 Å². The third-order valence-corrected chi connectivity index (χ3v) is 5.01. The van der Waals surface area contributed by atoms with Crippen LogP contribution in [0.25, 0.3) is 0 Å². The quantitative estimate of drug-likeness (QED) is 0.534. The maximum absolute atomic E-state index is 5.11. The molecule has 0 unspecified atom stereocenters. The van der Waals surface area contributed by atoms with Crippen LogP contribution in [0.1, 0.15) is 118 Å². The molecule has 0 amide bonds. The third-order valence-electron chi connectivity index (χ3n) is 5.01. The number of nitrogens with zero attached hydrogens (tertiary/aromatic N) is 1. The molecule has 23 heavy (non-hydrogen) atoms. The molecule has 2 heteroatoms. The Hall–Kier alpha value is -0.790. The number of rotatable bonds is 8. The molecule has 0 aromatic carbocycles. The number of nitrogens with one attached hydrogen (secondary N) is 1. The van der Waals surface area contributed by atoms with E-state index in [9.17, 15) is 0 Å². The Bertz CT molecular complexity index is 486. The molecule has 0 saturated carbocycles. The standard InChI is InChI=1S/C21H40N2/c1-10-12-13-15-20(6,7)17-16(19(3,4)5)22-18(23-17)21(8,9)14-11-2/h10-15H2,1-9H3,(H,22,23). The van der Waals surface area contributed by atoms with E-state index in [0.717, 1.165) is 0 Å². The van der Waals surface area contributed by atoms with Crippen molar-refractivity contribution in [1.82, 2.24) is 9.97 Å². The van der Waals surface area contributed by atoms with Crippen LogP contribution in [-0.2, 0) is 16.2 Å². The minimum Gasteiger partial charge on any atom is -0.345 e. The molecule has 1 N–H and O–H groups in total. The molecule has 0 aliphatic rings. The molecular weight excluding hydrogens is 280 g/mol. The number of imidazole rings is 1. The molecule has 0 bridgehead atoms. The van der Waals surface area contributed by atoms with Crippen molar-refractivity contribution in [3.63, 3.8) is 0 Å². The predicted octanol–water partition coefficient (Wildman–Crippen LogP) is 6.64. The van der Waals surface area contributed by atoms with Crippen LogP contribution in [-0.4, -0.2) is 9.97 Å². The highest BCUT2D eigenvalue weighted by atomic mass is 15.0. The average molecular weight is 321 g/mol. The van der Waals surface area contributed by atoms with E-state index in [1.165, 1.54) is 55.7 Å². The van der Waals surface area contributed by atoms with Gasteiger partial charge in [0.1, 0.15) is 5.82 Å². The summed E-state index contributed by atoms with van der Waals surface area (Å²) in [4.78, 5) is 8.88. The number of hydrogen-bond donors (Lipinski definition) is 1. The lowest BCUT2D eigenvalue weighted by molar-refractivity contribution is 0.420. The Morgan fingerprint density at radius 2 is 1.39 bits per heavy atom. The van der Waals surface area contributed by atoms with Gasteiger partial charge in [0.25, 0.3) is 0 Å². The van der Waals surface area contributed by atoms with Crippen LogP contribution in [0.4, 0.5) is 0 Å². The Morgan fingerprint density at radius 1 is 0.783 bits per heavy atom. The smallest absolute Gasteiger partial charge is 0.112 e. The van der Waals surface area contributed by atoms with E-state index in [1.807, 2.05) is 0 Å². The number of hydrogen-bond acceptors (Lipinski definition) is 1. The summed E-state index contributed by atoms with van der Waals surface area (Å²) in [6, 6.07) is 0. The highest BCUT2D eigenvalue weighted by molar-refractivity contribution is 5.30. The second-order valence-electron chi connectivity index (χ2n) is 9.53. The van der Waals surface area contributed by atoms with Crippen molar-refractivity contribution >= 4 is 0 Å². The van der Waals surface area contributed by atoms with Crippen LogP contribution >= 0.6 is 0 Å². The van der Waals surface area contributed by atoms with Crippen molar-refractivity contribution in [2.24, 2.45) is 0 Å². The van der Waals surface area contributed by atoms with Crippen molar-refractivity contribution in [2.45, 2.75) is 117 Å². The van der Waals surface area contributed by atoms with Crippen molar-refractivity contribution in [3.8, 4) is 0 Å². The average Bonchev–Trinajstić information content (AvgIpc) is 2.85. The normalized spacial score (nSPS) is 13.6. The highest BCUT2D eigenvalue weighted by Gasteiger charge is 2.34. The largest absolute Gasteiger partial charge is 0.345 e. The van der Waals surface area contributed by atoms with Crippen molar-refractivity contribution in [2.75, 3.05) is 0 Å². The van der Waals surface area contributed by atoms with Crippen LogP contribution in [0.2, 0.25) is 0 Å². The molecule has 1 aromatic rings. The van der Waals surface area contributed by atoms with Crippen LogP contribution in [0.3, 0.4) is 0 Å². The van der Waals surface area contributed by atoms with Gasteiger partial charge in [0.15, 0.2) is 0 Å². The Balaban J connectivity index is 3.26. The van der Waals surface area contributed by atoms with Crippen molar-refractivity contribution in [3.05, 3.63) is 17.2 Å². The van der Waals surface area contributed by atoms with Gasteiger partial charge in [-0.15, -0.1) is 0 Å². The van der Waals surface area contributed by atoms with Crippen LogP contribution in [0.15, 0.2) is 0 Å². The van der Waals surface area contributed by atoms with Crippen molar-refractivity contribution < 1.29 is 0 Å². The van der Waals surface area contributed by atoms with E-state index in [1.54, 1.807) is 0 Å². The first-order valence-corrected chi connectivity index (χ1v) is 9.57. The number of aromatic nitrogens is 2. The van der Waals surface area contributed by atoms with E-state index < -0.39 is 0 Å². The summed E-state index contributed by atoms with van der Waals surface area (Å²) in [6.45, 7) is 20.8. The van der Waals surface area contributed by atoms with Gasteiger partial charge >= 0.3 is 0 Å². The summed E-state index contributed by atoms with van der Waals surface area (Å²) in [7, 11) is 0. The Morgan fingerprint density at radius 3 is 1.87 bits per heavy atom. The second-order valence-corrected chi connectivity index (χ2v) is 9.53. The Kier molecular flexibility index (Phi) is 6.52. The molecule has 1 aromatic heterocycles. The van der Waals surface area contributed by atoms with Gasteiger partial charge in [-0.05, 0) is 12.8 Å². The molecule has 0 aliphatic carbocycles. The molecule has 0 fully saturated rings. The van der Waals surface area contributed by atoms with Gasteiger partial charge in [0.2, 0.25) is 0 Å².